The number of carbonyl (C=O) groups is 1. The minimum atomic E-state index is -0.759. The Bertz CT molecular complexity index is 1750. The molecule has 2 atom stereocenters. The Morgan fingerprint density at radius 1 is 0.977 bits per heavy atom. The van der Waals surface area contributed by atoms with Crippen LogP contribution in [0.5, 0.6) is 0 Å². The van der Waals surface area contributed by atoms with Crippen LogP contribution in [-0.4, -0.2) is 60.5 Å². The highest BCUT2D eigenvalue weighted by molar-refractivity contribution is 5.91. The zero-order valence-corrected chi connectivity index (χ0v) is 25.2. The number of anilines is 1. The quantitative estimate of drug-likeness (QED) is 0.280. The van der Waals surface area contributed by atoms with Gasteiger partial charge in [-0.05, 0) is 50.0 Å². The van der Waals surface area contributed by atoms with Crippen LogP contribution in [0, 0.1) is 11.6 Å². The van der Waals surface area contributed by atoms with Gasteiger partial charge in [-0.15, -0.1) is 0 Å². The molecule has 1 saturated heterocycles. The van der Waals surface area contributed by atoms with Crippen LogP contribution in [0.3, 0.4) is 0 Å². The molecule has 9 nitrogen and oxygen atoms in total. The van der Waals surface area contributed by atoms with Crippen molar-refractivity contribution < 1.29 is 13.6 Å². The van der Waals surface area contributed by atoms with Crippen molar-refractivity contribution in [3.8, 4) is 16.9 Å². The van der Waals surface area contributed by atoms with Crippen molar-refractivity contribution >= 4 is 22.8 Å². The van der Waals surface area contributed by atoms with Gasteiger partial charge in [0.05, 0.1) is 22.5 Å². The molecule has 5 rings (SSSR count). The highest BCUT2D eigenvalue weighted by atomic mass is 19.1. The Morgan fingerprint density at radius 2 is 1.58 bits per heavy atom. The number of rotatable bonds is 6. The molecule has 0 bridgehead atoms. The third kappa shape index (κ3) is 5.28. The van der Waals surface area contributed by atoms with Gasteiger partial charge in [-0.3, -0.25) is 4.79 Å². The van der Waals surface area contributed by atoms with E-state index in [2.05, 4.69) is 26.5 Å². The normalized spacial score (nSPS) is 17.3. The molecule has 1 amide bonds. The van der Waals surface area contributed by atoms with E-state index in [1.54, 1.807) is 11.0 Å². The molecule has 0 saturated carbocycles. The summed E-state index contributed by atoms with van der Waals surface area (Å²) >= 11 is 0. The lowest BCUT2D eigenvalue weighted by Gasteiger charge is -2.44. The molecule has 4 aromatic rings. The second kappa shape index (κ2) is 11.6. The largest absolute Gasteiger partial charge is 0.355 e. The van der Waals surface area contributed by atoms with Gasteiger partial charge >= 0.3 is 5.69 Å². The Labute approximate surface area is 248 Å². The van der Waals surface area contributed by atoms with E-state index < -0.39 is 17.3 Å². The molecule has 1 aliphatic heterocycles. The maximum absolute atomic E-state index is 15.9. The van der Waals surface area contributed by atoms with Crippen LogP contribution >= 0.6 is 0 Å². The summed E-state index contributed by atoms with van der Waals surface area (Å²) in [7, 11) is 0. The van der Waals surface area contributed by atoms with Gasteiger partial charge in [0.15, 0.2) is 5.65 Å². The first kappa shape index (κ1) is 29.9. The lowest BCUT2D eigenvalue weighted by molar-refractivity contribution is -0.130. The van der Waals surface area contributed by atoms with Crippen LogP contribution in [0.4, 0.5) is 14.6 Å². The molecule has 0 N–H and O–H groups in total. The molecule has 1 fully saturated rings. The summed E-state index contributed by atoms with van der Waals surface area (Å²) in [4.78, 5) is 48.4. The molecule has 0 radical (unpaired) electrons. The van der Waals surface area contributed by atoms with Crippen molar-refractivity contribution in [2.75, 3.05) is 18.0 Å². The van der Waals surface area contributed by atoms with Crippen molar-refractivity contribution in [1.29, 1.82) is 0 Å². The number of carbonyl (C=O) groups excluding carboxylic acids is 1. The number of hydrogen-bond donors (Lipinski definition) is 0. The lowest BCUT2D eigenvalue weighted by Crippen LogP contribution is -2.58. The predicted molar refractivity (Wildman–Crippen MR) is 162 cm³/mol. The number of aromatic nitrogens is 5. The third-order valence-electron chi connectivity index (χ3n) is 7.77. The van der Waals surface area contributed by atoms with Gasteiger partial charge in [-0.25, -0.2) is 33.1 Å². The van der Waals surface area contributed by atoms with Crippen LogP contribution in [0.2, 0.25) is 0 Å². The number of pyridine rings is 1. The van der Waals surface area contributed by atoms with Crippen molar-refractivity contribution in [2.45, 2.75) is 65.5 Å². The lowest BCUT2D eigenvalue weighted by atomic mass is 10.0. The fourth-order valence-electron chi connectivity index (χ4n) is 5.91. The van der Waals surface area contributed by atoms with E-state index in [-0.39, 0.29) is 57.9 Å². The molecule has 4 heterocycles. The van der Waals surface area contributed by atoms with Gasteiger partial charge < -0.3 is 9.80 Å². The van der Waals surface area contributed by atoms with E-state index in [1.807, 2.05) is 46.4 Å². The summed E-state index contributed by atoms with van der Waals surface area (Å²) in [5, 5.41) is 0.272. The topological polar surface area (TPSA) is 97.1 Å². The van der Waals surface area contributed by atoms with E-state index in [4.69, 9.17) is 0 Å². The number of piperazine rings is 1. The molecular formula is C32H35F2N7O2. The fraction of sp³-hybridized carbons (Fsp3) is 0.375. The second-order valence-electron chi connectivity index (χ2n) is 11.6. The smallest absolute Gasteiger partial charge is 0.352 e. The minimum absolute atomic E-state index is 0.0319. The van der Waals surface area contributed by atoms with Gasteiger partial charge in [0, 0.05) is 30.7 Å². The van der Waals surface area contributed by atoms with Crippen LogP contribution < -0.4 is 10.6 Å². The number of halogens is 2. The van der Waals surface area contributed by atoms with Crippen LogP contribution in [0.1, 0.15) is 64.8 Å². The number of benzene rings is 1. The SMILES string of the molecule is C=CC(=O)N1[C@H](C)CN(c2nc(=O)n(-c3c(C(C)C)ncnc3C(C)C)c3nc(-c4ccccc4F)c(F)cc23)C[C@@H]1C. The Kier molecular flexibility index (Phi) is 8.09. The zero-order valence-electron chi connectivity index (χ0n) is 25.2. The summed E-state index contributed by atoms with van der Waals surface area (Å²) in [6.07, 6.45) is 2.75. The van der Waals surface area contributed by atoms with Gasteiger partial charge in [-0.1, -0.05) is 46.4 Å². The van der Waals surface area contributed by atoms with Gasteiger partial charge in [-0.2, -0.15) is 4.98 Å². The molecular weight excluding hydrogens is 552 g/mol. The standard InChI is InChI=1S/C32H35F2N7O2/c1-8-25(42)40-19(6)14-39(15-20(40)7)30-22-13-24(34)28(21-11-9-10-12-23(21)33)37-31(22)41(32(43)38-30)29-26(17(2)3)35-16-36-27(29)18(4)5/h8-13,16-20H,1,14-15H2,2-7H3/t19-,20+. The monoisotopic (exact) mass is 587 g/mol. The van der Waals surface area contributed by atoms with Gasteiger partial charge in [0.1, 0.15) is 29.5 Å². The number of hydrogen-bond acceptors (Lipinski definition) is 7. The fourth-order valence-corrected chi connectivity index (χ4v) is 5.91. The summed E-state index contributed by atoms with van der Waals surface area (Å²) in [5.41, 5.74) is 0.845. The minimum Gasteiger partial charge on any atom is -0.352 e. The number of amides is 1. The first-order valence-corrected chi connectivity index (χ1v) is 14.4. The average molecular weight is 588 g/mol. The maximum atomic E-state index is 15.9. The Balaban J connectivity index is 1.85. The third-order valence-corrected chi connectivity index (χ3v) is 7.77. The number of nitrogens with zero attached hydrogens (tertiary/aromatic N) is 7. The Morgan fingerprint density at radius 3 is 2.14 bits per heavy atom. The second-order valence-corrected chi connectivity index (χ2v) is 11.6. The first-order valence-electron chi connectivity index (χ1n) is 14.4. The first-order chi connectivity index (χ1) is 20.4. The Hall–Kier alpha value is -4.54. The zero-order chi connectivity index (χ0) is 31.2. The van der Waals surface area contributed by atoms with Crippen LogP contribution in [-0.2, 0) is 4.79 Å². The van der Waals surface area contributed by atoms with E-state index in [1.165, 1.54) is 41.2 Å². The van der Waals surface area contributed by atoms with Crippen molar-refractivity contribution in [3.63, 3.8) is 0 Å². The molecule has 1 aliphatic rings. The average Bonchev–Trinajstić information content (AvgIpc) is 2.96. The summed E-state index contributed by atoms with van der Waals surface area (Å²) < 4.78 is 32.2. The van der Waals surface area contributed by atoms with Gasteiger partial charge in [0.25, 0.3) is 0 Å². The molecule has 224 valence electrons. The van der Waals surface area contributed by atoms with Gasteiger partial charge in [0.2, 0.25) is 5.91 Å². The molecule has 1 aromatic carbocycles. The molecule has 0 aliphatic carbocycles. The molecule has 3 aromatic heterocycles. The van der Waals surface area contributed by atoms with Crippen molar-refractivity contribution in [2.24, 2.45) is 0 Å². The highest BCUT2D eigenvalue weighted by Crippen LogP contribution is 2.35. The van der Waals surface area contributed by atoms with Crippen LogP contribution in [0.15, 0.2) is 54.1 Å². The van der Waals surface area contributed by atoms with E-state index >= 15 is 4.39 Å². The van der Waals surface area contributed by atoms with E-state index in [0.717, 1.165) is 0 Å². The van der Waals surface area contributed by atoms with E-state index in [9.17, 15) is 14.0 Å². The predicted octanol–water partition coefficient (Wildman–Crippen LogP) is 5.37. The van der Waals surface area contributed by atoms with Crippen LogP contribution in [0.25, 0.3) is 28.0 Å². The van der Waals surface area contributed by atoms with E-state index in [0.29, 0.717) is 30.2 Å². The summed E-state index contributed by atoms with van der Waals surface area (Å²) in [6.45, 7) is 15.9. The van der Waals surface area contributed by atoms with Crippen molar-refractivity contribution in [3.05, 3.63) is 82.8 Å². The molecule has 0 spiro atoms. The highest BCUT2D eigenvalue weighted by Gasteiger charge is 2.34. The van der Waals surface area contributed by atoms with Crippen molar-refractivity contribution in [1.82, 2.24) is 29.4 Å². The molecule has 0 unspecified atom stereocenters. The molecule has 11 heteroatoms. The number of fused-ring (bicyclic) bond motifs is 1. The molecule has 43 heavy (non-hydrogen) atoms. The summed E-state index contributed by atoms with van der Waals surface area (Å²) in [5.74, 6) is -1.55. The summed E-state index contributed by atoms with van der Waals surface area (Å²) in [6, 6.07) is 6.56. The maximum Gasteiger partial charge on any atom is 0.355 e.